The average Bonchev–Trinajstić information content (AvgIpc) is 3.04. The summed E-state index contributed by atoms with van der Waals surface area (Å²) in [5, 5.41) is 11.9. The fourth-order valence-corrected chi connectivity index (χ4v) is 3.16. The molecule has 0 radical (unpaired) electrons. The van der Waals surface area contributed by atoms with Gasteiger partial charge in [-0.1, -0.05) is 26.7 Å². The van der Waals surface area contributed by atoms with E-state index >= 15 is 0 Å². The Labute approximate surface area is 139 Å². The summed E-state index contributed by atoms with van der Waals surface area (Å²) in [5.74, 6) is 1.04. The number of unbranched alkanes of at least 4 members (excludes halogenated alkanes) is 1. The zero-order valence-corrected chi connectivity index (χ0v) is 14.4. The van der Waals surface area contributed by atoms with Crippen molar-refractivity contribution >= 4 is 5.91 Å². The minimum absolute atomic E-state index is 0.105. The Balaban J connectivity index is 1.90. The second-order valence-corrected chi connectivity index (χ2v) is 6.98. The van der Waals surface area contributed by atoms with Gasteiger partial charge in [0.2, 0.25) is 6.29 Å². The van der Waals surface area contributed by atoms with Gasteiger partial charge in [-0.25, -0.2) is 0 Å². The molecule has 0 aromatic rings. The number of carbonyl (C=O) groups excluding carboxylic acids is 1. The van der Waals surface area contributed by atoms with E-state index in [0.29, 0.717) is 18.3 Å². The van der Waals surface area contributed by atoms with Crippen molar-refractivity contribution in [2.24, 2.45) is 11.8 Å². The van der Waals surface area contributed by atoms with Crippen LogP contribution < -0.4 is 5.32 Å². The van der Waals surface area contributed by atoms with Gasteiger partial charge < -0.3 is 19.9 Å². The fourth-order valence-electron chi connectivity index (χ4n) is 3.16. The number of allylic oxidation sites excluding steroid dienone is 1. The van der Waals surface area contributed by atoms with Crippen LogP contribution in [0.3, 0.4) is 0 Å². The molecule has 5 heteroatoms. The standard InChI is InChI=1S/C18H31NO4/c1-13(2)14-11-16(18(21)19-15-7-3-4-8-15)23-17(12-14)22-10-6-5-9-20/h11,13-15,17,20H,3-10,12H2,1-2H3,(H,19,21)/t14-,17+/m1/s1. The summed E-state index contributed by atoms with van der Waals surface area (Å²) >= 11 is 0. The minimum atomic E-state index is -0.365. The summed E-state index contributed by atoms with van der Waals surface area (Å²) in [6.07, 6.45) is 8.41. The van der Waals surface area contributed by atoms with Crippen LogP contribution in [0.5, 0.6) is 0 Å². The van der Waals surface area contributed by atoms with Gasteiger partial charge in [-0.05, 0) is 43.6 Å². The smallest absolute Gasteiger partial charge is 0.286 e. The monoisotopic (exact) mass is 325 g/mol. The van der Waals surface area contributed by atoms with Crippen molar-refractivity contribution in [2.45, 2.75) is 71.1 Å². The van der Waals surface area contributed by atoms with Crippen LogP contribution in [0.25, 0.3) is 0 Å². The van der Waals surface area contributed by atoms with Crippen molar-refractivity contribution in [3.05, 3.63) is 11.8 Å². The molecule has 5 nitrogen and oxygen atoms in total. The highest BCUT2D eigenvalue weighted by Gasteiger charge is 2.30. The fraction of sp³-hybridized carbons (Fsp3) is 0.833. The summed E-state index contributed by atoms with van der Waals surface area (Å²) in [4.78, 5) is 12.5. The molecule has 1 fully saturated rings. The minimum Gasteiger partial charge on any atom is -0.459 e. The summed E-state index contributed by atoms with van der Waals surface area (Å²) in [5.41, 5.74) is 0. The third-order valence-corrected chi connectivity index (χ3v) is 4.72. The molecule has 1 amide bonds. The van der Waals surface area contributed by atoms with E-state index in [1.54, 1.807) is 0 Å². The van der Waals surface area contributed by atoms with Crippen LogP contribution >= 0.6 is 0 Å². The molecule has 2 rings (SSSR count). The van der Waals surface area contributed by atoms with Crippen molar-refractivity contribution in [3.63, 3.8) is 0 Å². The average molecular weight is 325 g/mol. The molecule has 1 aliphatic heterocycles. The summed E-state index contributed by atoms with van der Waals surface area (Å²) in [6, 6.07) is 0.287. The molecule has 2 N–H and O–H groups in total. The third-order valence-electron chi connectivity index (χ3n) is 4.72. The highest BCUT2D eigenvalue weighted by atomic mass is 16.7. The zero-order chi connectivity index (χ0) is 16.7. The number of hydrogen-bond donors (Lipinski definition) is 2. The van der Waals surface area contributed by atoms with Gasteiger partial charge in [-0.3, -0.25) is 4.79 Å². The lowest BCUT2D eigenvalue weighted by Gasteiger charge is -2.31. The molecule has 1 aliphatic carbocycles. The van der Waals surface area contributed by atoms with E-state index in [1.807, 2.05) is 6.08 Å². The van der Waals surface area contributed by atoms with E-state index < -0.39 is 0 Å². The molecule has 0 saturated heterocycles. The van der Waals surface area contributed by atoms with Crippen molar-refractivity contribution in [2.75, 3.05) is 13.2 Å². The molecule has 0 bridgehead atoms. The first kappa shape index (κ1) is 18.3. The Morgan fingerprint density at radius 2 is 2.13 bits per heavy atom. The van der Waals surface area contributed by atoms with Crippen LogP contribution in [0.2, 0.25) is 0 Å². The SMILES string of the molecule is CC(C)[C@@H]1C=C(C(=O)NC2CCCC2)O[C@H](OCCCCO)C1. The van der Waals surface area contributed by atoms with Gasteiger partial charge in [0, 0.05) is 19.1 Å². The van der Waals surface area contributed by atoms with Gasteiger partial charge in [-0.15, -0.1) is 0 Å². The van der Waals surface area contributed by atoms with Gasteiger partial charge in [0.25, 0.3) is 5.91 Å². The number of hydrogen-bond acceptors (Lipinski definition) is 4. The molecule has 0 unspecified atom stereocenters. The lowest BCUT2D eigenvalue weighted by molar-refractivity contribution is -0.151. The topological polar surface area (TPSA) is 67.8 Å². The molecule has 0 aromatic carbocycles. The first-order valence-electron chi connectivity index (χ1n) is 9.02. The van der Waals surface area contributed by atoms with Gasteiger partial charge in [0.15, 0.2) is 5.76 Å². The van der Waals surface area contributed by atoms with Crippen molar-refractivity contribution in [1.29, 1.82) is 0 Å². The molecule has 23 heavy (non-hydrogen) atoms. The lowest BCUT2D eigenvalue weighted by Crippen LogP contribution is -2.38. The first-order valence-corrected chi connectivity index (χ1v) is 9.02. The van der Waals surface area contributed by atoms with Crippen LogP contribution in [0, 0.1) is 11.8 Å². The third kappa shape index (κ3) is 5.81. The molecule has 132 valence electrons. The van der Waals surface area contributed by atoms with Crippen LogP contribution in [0.15, 0.2) is 11.8 Å². The van der Waals surface area contributed by atoms with Gasteiger partial charge in [0.1, 0.15) is 0 Å². The number of carbonyl (C=O) groups is 1. The number of aliphatic hydroxyl groups excluding tert-OH is 1. The van der Waals surface area contributed by atoms with Crippen LogP contribution in [-0.2, 0) is 14.3 Å². The number of aliphatic hydroxyl groups is 1. The molecule has 1 saturated carbocycles. The Kier molecular flexibility index (Phi) is 7.37. The van der Waals surface area contributed by atoms with E-state index in [9.17, 15) is 4.79 Å². The second-order valence-electron chi connectivity index (χ2n) is 6.98. The number of nitrogens with one attached hydrogen (secondary N) is 1. The predicted octanol–water partition coefficient (Wildman–Crippen LogP) is 2.74. The lowest BCUT2D eigenvalue weighted by atomic mass is 9.90. The van der Waals surface area contributed by atoms with E-state index in [1.165, 1.54) is 12.8 Å². The zero-order valence-electron chi connectivity index (χ0n) is 14.4. The van der Waals surface area contributed by atoms with Crippen LogP contribution in [0.1, 0.15) is 58.8 Å². The Morgan fingerprint density at radius 3 is 2.78 bits per heavy atom. The molecule has 1 heterocycles. The Morgan fingerprint density at radius 1 is 1.39 bits per heavy atom. The molecule has 2 atom stereocenters. The van der Waals surface area contributed by atoms with Gasteiger partial charge >= 0.3 is 0 Å². The highest BCUT2D eigenvalue weighted by molar-refractivity contribution is 5.91. The van der Waals surface area contributed by atoms with Crippen molar-refractivity contribution in [3.8, 4) is 0 Å². The summed E-state index contributed by atoms with van der Waals surface area (Å²) in [7, 11) is 0. The maximum atomic E-state index is 12.5. The number of ether oxygens (including phenoxy) is 2. The van der Waals surface area contributed by atoms with Gasteiger partial charge in [-0.2, -0.15) is 0 Å². The Hall–Kier alpha value is -1.07. The highest BCUT2D eigenvalue weighted by Crippen LogP contribution is 2.29. The maximum absolute atomic E-state index is 12.5. The second kappa shape index (κ2) is 9.28. The molecular weight excluding hydrogens is 294 g/mol. The first-order chi connectivity index (χ1) is 11.1. The summed E-state index contributed by atoms with van der Waals surface area (Å²) in [6.45, 7) is 5.04. The van der Waals surface area contributed by atoms with E-state index in [4.69, 9.17) is 14.6 Å². The molecule has 2 aliphatic rings. The summed E-state index contributed by atoms with van der Waals surface area (Å²) < 4.78 is 11.5. The predicted molar refractivity (Wildman–Crippen MR) is 88.6 cm³/mol. The van der Waals surface area contributed by atoms with Crippen LogP contribution in [0.4, 0.5) is 0 Å². The van der Waals surface area contributed by atoms with Crippen LogP contribution in [-0.4, -0.2) is 36.6 Å². The Bertz CT molecular complexity index is 402. The van der Waals surface area contributed by atoms with E-state index in [0.717, 1.165) is 32.1 Å². The van der Waals surface area contributed by atoms with Crippen molar-refractivity contribution in [1.82, 2.24) is 5.32 Å². The number of amides is 1. The van der Waals surface area contributed by atoms with E-state index in [2.05, 4.69) is 19.2 Å². The largest absolute Gasteiger partial charge is 0.459 e. The normalized spacial score (nSPS) is 25.3. The quantitative estimate of drug-likeness (QED) is 0.673. The maximum Gasteiger partial charge on any atom is 0.286 e. The molecule has 0 spiro atoms. The van der Waals surface area contributed by atoms with Crippen molar-refractivity contribution < 1.29 is 19.4 Å². The number of rotatable bonds is 8. The molecule has 0 aromatic heterocycles. The van der Waals surface area contributed by atoms with E-state index in [-0.39, 0.29) is 30.8 Å². The molecular formula is C18H31NO4. The van der Waals surface area contributed by atoms with Gasteiger partial charge in [0.05, 0.1) is 6.61 Å².